The van der Waals surface area contributed by atoms with Crippen molar-refractivity contribution >= 4 is 29.2 Å². The highest BCUT2D eigenvalue weighted by Gasteiger charge is 2.31. The van der Waals surface area contributed by atoms with Crippen molar-refractivity contribution in [1.29, 1.82) is 0 Å². The van der Waals surface area contributed by atoms with Crippen molar-refractivity contribution in [2.24, 2.45) is 0 Å². The number of hydrogen-bond acceptors (Lipinski definition) is 4. The van der Waals surface area contributed by atoms with Gasteiger partial charge in [0.25, 0.3) is 5.91 Å². The molecule has 0 unspecified atom stereocenters. The second-order valence-electron chi connectivity index (χ2n) is 5.65. The van der Waals surface area contributed by atoms with E-state index in [-0.39, 0.29) is 17.1 Å². The molecule has 0 aromatic heterocycles. The summed E-state index contributed by atoms with van der Waals surface area (Å²) in [5, 5.41) is 2.13. The fourth-order valence-corrected chi connectivity index (χ4v) is 2.38. The number of nitrogens with one attached hydrogen (secondary N) is 1. The van der Waals surface area contributed by atoms with Gasteiger partial charge in [-0.3, -0.25) is 9.59 Å². The third-order valence-corrected chi connectivity index (χ3v) is 3.84. The quantitative estimate of drug-likeness (QED) is 0.677. The van der Waals surface area contributed by atoms with Crippen LogP contribution in [0.5, 0.6) is 5.75 Å². The highest BCUT2D eigenvalue weighted by molar-refractivity contribution is 6.33. The molecule has 0 bridgehead atoms. The van der Waals surface area contributed by atoms with E-state index in [1.807, 2.05) is 6.92 Å². The van der Waals surface area contributed by atoms with E-state index in [9.17, 15) is 22.8 Å². The Hall–Kier alpha value is -2.74. The third kappa shape index (κ3) is 6.45. The van der Waals surface area contributed by atoms with Gasteiger partial charge < -0.3 is 14.8 Å². The van der Waals surface area contributed by atoms with Gasteiger partial charge in [-0.25, -0.2) is 0 Å². The summed E-state index contributed by atoms with van der Waals surface area (Å²) in [6.45, 7) is 1.72. The number of carbonyl (C=O) groups excluding carboxylic acids is 2. The molecule has 0 saturated heterocycles. The average molecular weight is 416 g/mol. The number of ether oxygens (including phenoxy) is 2. The molecule has 0 atom stereocenters. The van der Waals surface area contributed by atoms with Gasteiger partial charge in [0.05, 0.1) is 29.3 Å². The number of alkyl halides is 3. The molecule has 0 spiro atoms. The molecule has 2 rings (SSSR count). The Morgan fingerprint density at radius 2 is 1.79 bits per heavy atom. The number of amides is 1. The molecule has 0 fully saturated rings. The standard InChI is InChI=1S/C19H17ClF3NO4/c1-2-27-14-6-3-12(4-7-14)9-18(26)28-11-17(25)24-16-10-13(19(21,22)23)5-8-15(16)20/h3-8,10H,2,9,11H2,1H3,(H,24,25). The van der Waals surface area contributed by atoms with E-state index in [0.29, 0.717) is 24.0 Å². The first-order chi connectivity index (χ1) is 13.2. The second kappa shape index (κ2) is 9.45. The zero-order chi connectivity index (χ0) is 20.7. The van der Waals surface area contributed by atoms with Gasteiger partial charge in [-0.05, 0) is 42.8 Å². The smallest absolute Gasteiger partial charge is 0.416 e. The molecular weight excluding hydrogens is 399 g/mol. The molecule has 0 aliphatic rings. The summed E-state index contributed by atoms with van der Waals surface area (Å²) in [4.78, 5) is 23.7. The third-order valence-electron chi connectivity index (χ3n) is 3.51. The zero-order valence-corrected chi connectivity index (χ0v) is 15.6. The minimum Gasteiger partial charge on any atom is -0.494 e. The molecule has 0 heterocycles. The van der Waals surface area contributed by atoms with Crippen LogP contribution >= 0.6 is 11.6 Å². The van der Waals surface area contributed by atoms with Crippen LogP contribution in [0.1, 0.15) is 18.1 Å². The Morgan fingerprint density at radius 3 is 2.39 bits per heavy atom. The van der Waals surface area contributed by atoms with Crippen LogP contribution in [0.4, 0.5) is 18.9 Å². The molecule has 2 aromatic rings. The van der Waals surface area contributed by atoms with Crippen LogP contribution in [0.25, 0.3) is 0 Å². The predicted octanol–water partition coefficient (Wildman–Crippen LogP) is 4.48. The van der Waals surface area contributed by atoms with Gasteiger partial charge in [0.15, 0.2) is 6.61 Å². The normalized spacial score (nSPS) is 11.0. The van der Waals surface area contributed by atoms with Gasteiger partial charge in [0.1, 0.15) is 5.75 Å². The molecule has 150 valence electrons. The molecule has 2 aromatic carbocycles. The minimum atomic E-state index is -4.58. The van der Waals surface area contributed by atoms with Crippen molar-refractivity contribution in [3.63, 3.8) is 0 Å². The Labute approximate surface area is 164 Å². The van der Waals surface area contributed by atoms with Crippen molar-refractivity contribution in [3.05, 3.63) is 58.6 Å². The summed E-state index contributed by atoms with van der Waals surface area (Å²) >= 11 is 5.80. The lowest BCUT2D eigenvalue weighted by molar-refractivity contribution is -0.146. The average Bonchev–Trinajstić information content (AvgIpc) is 2.63. The van der Waals surface area contributed by atoms with E-state index >= 15 is 0 Å². The lowest BCUT2D eigenvalue weighted by Crippen LogP contribution is -2.22. The van der Waals surface area contributed by atoms with Gasteiger partial charge in [-0.2, -0.15) is 13.2 Å². The Bertz CT molecular complexity index is 838. The number of benzene rings is 2. The summed E-state index contributed by atoms with van der Waals surface area (Å²) in [6, 6.07) is 9.32. The zero-order valence-electron chi connectivity index (χ0n) is 14.8. The number of rotatable bonds is 7. The van der Waals surface area contributed by atoms with Crippen molar-refractivity contribution in [2.45, 2.75) is 19.5 Å². The fourth-order valence-electron chi connectivity index (χ4n) is 2.22. The highest BCUT2D eigenvalue weighted by Crippen LogP contribution is 2.33. The molecule has 5 nitrogen and oxygen atoms in total. The van der Waals surface area contributed by atoms with Crippen LogP contribution in [0.2, 0.25) is 5.02 Å². The Balaban J connectivity index is 1.87. The van der Waals surface area contributed by atoms with Gasteiger partial charge in [-0.15, -0.1) is 0 Å². The van der Waals surface area contributed by atoms with Crippen molar-refractivity contribution in [2.75, 3.05) is 18.5 Å². The first-order valence-corrected chi connectivity index (χ1v) is 8.60. The highest BCUT2D eigenvalue weighted by atomic mass is 35.5. The monoisotopic (exact) mass is 415 g/mol. The van der Waals surface area contributed by atoms with Crippen LogP contribution in [0.15, 0.2) is 42.5 Å². The van der Waals surface area contributed by atoms with E-state index in [4.69, 9.17) is 21.1 Å². The van der Waals surface area contributed by atoms with E-state index < -0.39 is 30.2 Å². The molecule has 1 N–H and O–H groups in total. The van der Waals surface area contributed by atoms with Crippen LogP contribution < -0.4 is 10.1 Å². The number of carbonyl (C=O) groups is 2. The van der Waals surface area contributed by atoms with Gasteiger partial charge in [-0.1, -0.05) is 23.7 Å². The largest absolute Gasteiger partial charge is 0.494 e. The Kier molecular flexibility index (Phi) is 7.28. The van der Waals surface area contributed by atoms with E-state index in [1.165, 1.54) is 0 Å². The summed E-state index contributed by atoms with van der Waals surface area (Å²) in [5.41, 5.74) is -0.515. The van der Waals surface area contributed by atoms with Crippen molar-refractivity contribution in [1.82, 2.24) is 0 Å². The number of anilines is 1. The summed E-state index contributed by atoms with van der Waals surface area (Å²) in [6.07, 6.45) is -4.64. The summed E-state index contributed by atoms with van der Waals surface area (Å²) in [7, 11) is 0. The molecule has 0 radical (unpaired) electrons. The molecule has 28 heavy (non-hydrogen) atoms. The first kappa shape index (κ1) is 21.6. The number of esters is 1. The van der Waals surface area contributed by atoms with E-state index in [0.717, 1.165) is 12.1 Å². The number of halogens is 4. The lowest BCUT2D eigenvalue weighted by atomic mass is 10.1. The molecular formula is C19H17ClF3NO4. The topological polar surface area (TPSA) is 64.6 Å². The molecule has 0 aliphatic heterocycles. The predicted molar refractivity (Wildman–Crippen MR) is 97.4 cm³/mol. The van der Waals surface area contributed by atoms with Gasteiger partial charge in [0, 0.05) is 0 Å². The maximum absolute atomic E-state index is 12.7. The molecule has 0 aliphatic carbocycles. The van der Waals surface area contributed by atoms with Gasteiger partial charge in [0.2, 0.25) is 0 Å². The van der Waals surface area contributed by atoms with E-state index in [2.05, 4.69) is 5.32 Å². The van der Waals surface area contributed by atoms with Crippen molar-refractivity contribution in [3.8, 4) is 5.75 Å². The summed E-state index contributed by atoms with van der Waals surface area (Å²) in [5.74, 6) is -0.798. The fraction of sp³-hybridized carbons (Fsp3) is 0.263. The van der Waals surface area contributed by atoms with Crippen molar-refractivity contribution < 1.29 is 32.2 Å². The maximum atomic E-state index is 12.7. The number of hydrogen-bond donors (Lipinski definition) is 1. The molecule has 9 heteroatoms. The van der Waals surface area contributed by atoms with Gasteiger partial charge >= 0.3 is 12.1 Å². The Morgan fingerprint density at radius 1 is 1.11 bits per heavy atom. The van der Waals surface area contributed by atoms with E-state index in [1.54, 1.807) is 24.3 Å². The molecule has 0 saturated carbocycles. The van der Waals surface area contributed by atoms with Crippen LogP contribution in [0, 0.1) is 0 Å². The SMILES string of the molecule is CCOc1ccc(CC(=O)OCC(=O)Nc2cc(C(F)(F)F)ccc2Cl)cc1. The van der Waals surface area contributed by atoms with Crippen LogP contribution in [0.3, 0.4) is 0 Å². The summed E-state index contributed by atoms with van der Waals surface area (Å²) < 4.78 is 48.3. The maximum Gasteiger partial charge on any atom is 0.416 e. The lowest BCUT2D eigenvalue weighted by Gasteiger charge is -2.12. The minimum absolute atomic E-state index is 0.0655. The van der Waals surface area contributed by atoms with Crippen LogP contribution in [-0.2, 0) is 26.9 Å². The van der Waals surface area contributed by atoms with Crippen LogP contribution in [-0.4, -0.2) is 25.1 Å². The second-order valence-corrected chi connectivity index (χ2v) is 6.06. The first-order valence-electron chi connectivity index (χ1n) is 8.23. The molecule has 1 amide bonds.